The lowest BCUT2D eigenvalue weighted by molar-refractivity contribution is -0.116. The summed E-state index contributed by atoms with van der Waals surface area (Å²) in [4.78, 5) is 13.9. The molecule has 1 aliphatic heterocycles. The first-order valence-electron chi connectivity index (χ1n) is 12.6. The Balaban J connectivity index is 1.49. The maximum Gasteiger partial charge on any atom is 0.162 e. The zero-order valence-electron chi connectivity index (χ0n) is 21.5. The molecule has 7 heteroatoms. The molecule has 1 aromatic heterocycles. The van der Waals surface area contributed by atoms with Crippen molar-refractivity contribution in [3.63, 3.8) is 0 Å². The maximum atomic E-state index is 13.9. The number of hydrogen-bond acceptors (Lipinski definition) is 5. The van der Waals surface area contributed by atoms with Gasteiger partial charge in [-0.15, -0.1) is 0 Å². The molecule has 192 valence electrons. The number of hydrogen-bond donors (Lipinski definition) is 1. The van der Waals surface area contributed by atoms with Crippen molar-refractivity contribution in [1.82, 2.24) is 9.78 Å². The molecule has 1 N–H and O–H groups in total. The second-order valence-electron chi connectivity index (χ2n) is 9.74. The highest BCUT2D eigenvalue weighted by Gasteiger charge is 2.41. The van der Waals surface area contributed by atoms with Gasteiger partial charge in [-0.2, -0.15) is 5.10 Å². The fourth-order valence-corrected chi connectivity index (χ4v) is 5.89. The number of nitrogens with zero attached hydrogens (tertiary/aromatic N) is 2. The summed E-state index contributed by atoms with van der Waals surface area (Å²) in [5.41, 5.74) is 6.69. The van der Waals surface area contributed by atoms with Gasteiger partial charge in [-0.1, -0.05) is 48.0 Å². The summed E-state index contributed by atoms with van der Waals surface area (Å²) in [5, 5.41) is 9.24. The Hall–Kier alpha value is -4.03. The molecule has 0 bridgehead atoms. The normalized spacial score (nSPS) is 18.5. The molecule has 6 nitrogen and oxygen atoms in total. The lowest BCUT2D eigenvalue weighted by Gasteiger charge is -2.36. The van der Waals surface area contributed by atoms with Crippen LogP contribution in [0.5, 0.6) is 11.5 Å². The van der Waals surface area contributed by atoms with Crippen LogP contribution in [0.3, 0.4) is 0 Å². The predicted molar refractivity (Wildman–Crippen MR) is 149 cm³/mol. The minimum atomic E-state index is -0.227. The Morgan fingerprint density at radius 2 is 1.63 bits per heavy atom. The van der Waals surface area contributed by atoms with Gasteiger partial charge in [0.25, 0.3) is 0 Å². The predicted octanol–water partition coefficient (Wildman–Crippen LogP) is 6.81. The first kappa shape index (κ1) is 24.3. The zero-order valence-corrected chi connectivity index (χ0v) is 22.3. The topological polar surface area (TPSA) is 65.4 Å². The molecule has 2 atom stereocenters. The first-order chi connectivity index (χ1) is 18.5. The molecule has 0 spiro atoms. The summed E-state index contributed by atoms with van der Waals surface area (Å²) in [6.07, 6.45) is 1.11. The van der Waals surface area contributed by atoms with Gasteiger partial charge in [0.15, 0.2) is 17.3 Å². The number of fused-ring (bicyclic) bond motifs is 1. The van der Waals surface area contributed by atoms with Gasteiger partial charge in [0, 0.05) is 34.2 Å². The van der Waals surface area contributed by atoms with Gasteiger partial charge < -0.3 is 14.8 Å². The third kappa shape index (κ3) is 4.05. The van der Waals surface area contributed by atoms with Gasteiger partial charge >= 0.3 is 0 Å². The molecular weight excluding hydrogens is 498 g/mol. The van der Waals surface area contributed by atoms with Gasteiger partial charge in [-0.3, -0.25) is 4.79 Å². The minimum absolute atomic E-state index is 0.00941. The lowest BCUT2D eigenvalue weighted by atomic mass is 9.72. The van der Waals surface area contributed by atoms with Crippen LogP contribution in [-0.2, 0) is 4.79 Å². The summed E-state index contributed by atoms with van der Waals surface area (Å²) in [6, 6.07) is 23.8. The highest BCUT2D eigenvalue weighted by molar-refractivity contribution is 6.30. The van der Waals surface area contributed by atoms with E-state index in [-0.39, 0.29) is 17.6 Å². The Morgan fingerprint density at radius 1 is 0.921 bits per heavy atom. The summed E-state index contributed by atoms with van der Waals surface area (Å²) >= 11 is 6.24. The van der Waals surface area contributed by atoms with Gasteiger partial charge in [0.2, 0.25) is 0 Å². The van der Waals surface area contributed by atoms with E-state index in [0.717, 1.165) is 45.2 Å². The standard InChI is InChI=1S/C31H28ClN3O3/c1-18-28-29(19-9-12-22(32)13-10-19)30-24(33-31(28)35(34-18)23-7-5-4-6-8-23)15-21(16-25(30)36)20-11-14-26(37-2)27(17-20)38-3/h4-14,17,21,29,33H,15-16H2,1-3H3/t21-,29+/m1/s1. The molecule has 4 aromatic rings. The van der Waals surface area contributed by atoms with E-state index < -0.39 is 0 Å². The Kier molecular flexibility index (Phi) is 6.20. The van der Waals surface area contributed by atoms with Gasteiger partial charge in [-0.05, 0) is 66.8 Å². The van der Waals surface area contributed by atoms with Crippen LogP contribution < -0.4 is 14.8 Å². The lowest BCUT2D eigenvalue weighted by Crippen LogP contribution is -2.30. The molecule has 0 unspecified atom stereocenters. The van der Waals surface area contributed by atoms with Crippen LogP contribution in [0.15, 0.2) is 84.1 Å². The van der Waals surface area contributed by atoms with E-state index in [0.29, 0.717) is 29.4 Å². The van der Waals surface area contributed by atoms with E-state index in [1.54, 1.807) is 14.2 Å². The highest BCUT2D eigenvalue weighted by Crippen LogP contribution is 2.50. The number of aromatic nitrogens is 2. The summed E-state index contributed by atoms with van der Waals surface area (Å²) in [6.45, 7) is 2.01. The number of aryl methyl sites for hydroxylation is 1. The fourth-order valence-electron chi connectivity index (χ4n) is 5.76. The summed E-state index contributed by atoms with van der Waals surface area (Å²) in [5.74, 6) is 2.14. The number of allylic oxidation sites excluding steroid dienone is 2. The Labute approximate surface area is 226 Å². The molecule has 38 heavy (non-hydrogen) atoms. The number of methoxy groups -OCH3 is 2. The van der Waals surface area contributed by atoms with Gasteiger partial charge in [-0.25, -0.2) is 4.68 Å². The first-order valence-corrected chi connectivity index (χ1v) is 13.0. The molecule has 0 radical (unpaired) electrons. The molecule has 0 fully saturated rings. The van der Waals surface area contributed by atoms with E-state index in [1.165, 1.54) is 0 Å². The monoisotopic (exact) mass is 525 g/mol. The number of nitrogens with one attached hydrogen (secondary N) is 1. The number of rotatable bonds is 5. The number of ketones is 1. The van der Waals surface area contributed by atoms with Crippen LogP contribution >= 0.6 is 11.6 Å². The molecule has 6 rings (SSSR count). The zero-order chi connectivity index (χ0) is 26.4. The van der Waals surface area contributed by atoms with Crippen LogP contribution in [-0.4, -0.2) is 29.8 Å². The Bertz CT molecular complexity index is 1560. The second kappa shape index (κ2) is 9.69. The number of para-hydroxylation sites is 1. The SMILES string of the molecule is COc1ccc([C@H]2CC(=O)C3=C(C2)Nc2c(c(C)nn2-c2ccccc2)[C@@H]3c2ccc(Cl)cc2)cc1OC. The molecule has 3 aromatic carbocycles. The molecule has 0 saturated heterocycles. The van der Waals surface area contributed by atoms with Crippen molar-refractivity contribution in [2.24, 2.45) is 0 Å². The van der Waals surface area contributed by atoms with Gasteiger partial charge in [0.1, 0.15) is 5.82 Å². The molecule has 2 aliphatic rings. The van der Waals surface area contributed by atoms with E-state index in [2.05, 4.69) is 5.32 Å². The summed E-state index contributed by atoms with van der Waals surface area (Å²) in [7, 11) is 3.25. The number of halogens is 1. The minimum Gasteiger partial charge on any atom is -0.493 e. The third-order valence-electron chi connectivity index (χ3n) is 7.54. The van der Waals surface area contributed by atoms with Crippen molar-refractivity contribution in [3.8, 4) is 17.2 Å². The number of carbonyl (C=O) groups excluding carboxylic acids is 1. The van der Waals surface area contributed by atoms with Crippen LogP contribution in [0.4, 0.5) is 5.82 Å². The van der Waals surface area contributed by atoms with Gasteiger partial charge in [0.05, 0.1) is 25.6 Å². The van der Waals surface area contributed by atoms with E-state index >= 15 is 0 Å². The molecule has 2 heterocycles. The average Bonchev–Trinajstić information content (AvgIpc) is 3.28. The second-order valence-corrected chi connectivity index (χ2v) is 10.2. The summed E-state index contributed by atoms with van der Waals surface area (Å²) < 4.78 is 12.9. The fraction of sp³-hybridized carbons (Fsp3) is 0.226. The number of Topliss-reactive ketones (excluding diaryl/α,β-unsaturated/α-hetero) is 1. The molecule has 0 amide bonds. The molecular formula is C31H28ClN3O3. The smallest absolute Gasteiger partial charge is 0.162 e. The van der Waals surface area contributed by atoms with E-state index in [4.69, 9.17) is 26.2 Å². The maximum absolute atomic E-state index is 13.9. The van der Waals surface area contributed by atoms with Crippen LogP contribution in [0.2, 0.25) is 5.02 Å². The average molecular weight is 526 g/mol. The van der Waals surface area contributed by atoms with Crippen molar-refractivity contribution in [2.45, 2.75) is 31.6 Å². The number of benzene rings is 3. The molecule has 0 saturated carbocycles. The largest absolute Gasteiger partial charge is 0.493 e. The number of ether oxygens (including phenoxy) is 2. The molecule has 1 aliphatic carbocycles. The highest BCUT2D eigenvalue weighted by atomic mass is 35.5. The quantitative estimate of drug-likeness (QED) is 0.310. The Morgan fingerprint density at radius 3 is 2.34 bits per heavy atom. The van der Waals surface area contributed by atoms with E-state index in [9.17, 15) is 4.79 Å². The third-order valence-corrected chi connectivity index (χ3v) is 7.80. The van der Waals surface area contributed by atoms with Crippen molar-refractivity contribution >= 4 is 23.2 Å². The number of anilines is 1. The van der Waals surface area contributed by atoms with Crippen molar-refractivity contribution in [3.05, 3.63) is 111 Å². The van der Waals surface area contributed by atoms with Crippen molar-refractivity contribution in [2.75, 3.05) is 19.5 Å². The van der Waals surface area contributed by atoms with Crippen molar-refractivity contribution < 1.29 is 14.3 Å². The number of carbonyl (C=O) groups is 1. The van der Waals surface area contributed by atoms with Crippen LogP contribution in [0, 0.1) is 6.92 Å². The van der Waals surface area contributed by atoms with Crippen LogP contribution in [0.1, 0.15) is 47.1 Å². The van der Waals surface area contributed by atoms with E-state index in [1.807, 2.05) is 84.4 Å². The van der Waals surface area contributed by atoms with Crippen molar-refractivity contribution in [1.29, 1.82) is 0 Å². The van der Waals surface area contributed by atoms with Crippen LogP contribution in [0.25, 0.3) is 5.69 Å².